The van der Waals surface area contributed by atoms with Crippen LogP contribution in [0.3, 0.4) is 0 Å². The Hall–Kier alpha value is -3.12. The van der Waals surface area contributed by atoms with Gasteiger partial charge in [-0.3, -0.25) is 4.79 Å². The number of carbonyl (C=O) groups excluding carboxylic acids is 1. The van der Waals surface area contributed by atoms with Gasteiger partial charge >= 0.3 is 0 Å². The number of anilines is 1. The van der Waals surface area contributed by atoms with E-state index in [1.165, 1.54) is 0 Å². The number of aromatic nitrogens is 3. The second kappa shape index (κ2) is 7.86. The Bertz CT molecular complexity index is 1130. The van der Waals surface area contributed by atoms with E-state index in [-0.39, 0.29) is 12.5 Å². The third-order valence-electron chi connectivity index (χ3n) is 4.37. The molecule has 0 saturated heterocycles. The molecule has 2 aromatic heterocycles. The van der Waals surface area contributed by atoms with Crippen molar-refractivity contribution in [2.24, 2.45) is 0 Å². The summed E-state index contributed by atoms with van der Waals surface area (Å²) in [7, 11) is 0. The highest BCUT2D eigenvalue weighted by Gasteiger charge is 2.18. The van der Waals surface area contributed by atoms with Crippen LogP contribution in [0.4, 0.5) is 5.69 Å². The van der Waals surface area contributed by atoms with Crippen LogP contribution in [0.2, 0.25) is 5.02 Å². The molecule has 6 nitrogen and oxygen atoms in total. The van der Waals surface area contributed by atoms with Crippen LogP contribution in [0.25, 0.3) is 22.5 Å². The van der Waals surface area contributed by atoms with Crippen LogP contribution in [0.5, 0.6) is 0 Å². The summed E-state index contributed by atoms with van der Waals surface area (Å²) in [6.45, 7) is 2.17. The fourth-order valence-corrected chi connectivity index (χ4v) is 3.33. The zero-order chi connectivity index (χ0) is 19.5. The van der Waals surface area contributed by atoms with E-state index in [1.807, 2.05) is 34.9 Å². The number of hydrogen-bond donors (Lipinski definition) is 1. The molecule has 0 aliphatic heterocycles. The fraction of sp³-hybridized carbons (Fsp3) is 0.190. The number of nitrogens with zero attached hydrogens (tertiary/aromatic N) is 3. The van der Waals surface area contributed by atoms with Gasteiger partial charge in [-0.25, -0.2) is 0 Å². The number of halogens is 1. The normalized spacial score (nSPS) is 11.1. The van der Waals surface area contributed by atoms with Gasteiger partial charge in [0.05, 0.1) is 0 Å². The summed E-state index contributed by atoms with van der Waals surface area (Å²) in [6.07, 6.45) is 1.65. The van der Waals surface area contributed by atoms with Crippen molar-refractivity contribution >= 4 is 34.1 Å². The monoisotopic (exact) mass is 394 g/mol. The molecule has 2 aromatic carbocycles. The molecule has 0 radical (unpaired) electrons. The molecule has 0 aliphatic rings. The molecular formula is C21H19ClN4O2. The Balaban J connectivity index is 1.67. The summed E-state index contributed by atoms with van der Waals surface area (Å²) >= 11 is 6.00. The second-order valence-corrected chi connectivity index (χ2v) is 6.92. The molecule has 4 aromatic rings. The van der Waals surface area contributed by atoms with Crippen LogP contribution in [-0.2, 0) is 17.8 Å². The first-order valence-corrected chi connectivity index (χ1v) is 9.48. The Labute approximate surface area is 167 Å². The standard InChI is InChI=1S/C21H19ClN4O2/c1-2-6-20-24-25-21(28-20)18-11-14-7-3-4-10-17(14)26(18)13-19(27)23-16-9-5-8-15(22)12-16/h3-5,7-12H,2,6,13H2,1H3,(H,23,27). The highest BCUT2D eigenvalue weighted by atomic mass is 35.5. The second-order valence-electron chi connectivity index (χ2n) is 6.48. The van der Waals surface area contributed by atoms with Crippen LogP contribution in [0.15, 0.2) is 59.0 Å². The van der Waals surface area contributed by atoms with Gasteiger partial charge in [-0.1, -0.05) is 42.8 Å². The van der Waals surface area contributed by atoms with Gasteiger partial charge in [0.2, 0.25) is 11.8 Å². The molecule has 142 valence electrons. The van der Waals surface area contributed by atoms with Crippen molar-refractivity contribution in [3.63, 3.8) is 0 Å². The third-order valence-corrected chi connectivity index (χ3v) is 4.61. The molecule has 0 bridgehead atoms. The van der Waals surface area contributed by atoms with E-state index in [4.69, 9.17) is 16.0 Å². The average Bonchev–Trinajstić information content (AvgIpc) is 3.27. The van der Waals surface area contributed by atoms with Crippen molar-refractivity contribution in [2.45, 2.75) is 26.3 Å². The minimum Gasteiger partial charge on any atom is -0.419 e. The molecule has 0 atom stereocenters. The number of amides is 1. The van der Waals surface area contributed by atoms with Crippen LogP contribution in [0, 0.1) is 0 Å². The fourth-order valence-electron chi connectivity index (χ4n) is 3.14. The molecule has 28 heavy (non-hydrogen) atoms. The van der Waals surface area contributed by atoms with E-state index in [0.717, 1.165) is 29.4 Å². The Kier molecular flexibility index (Phi) is 5.12. The minimum atomic E-state index is -0.168. The molecule has 0 unspecified atom stereocenters. The van der Waals surface area contributed by atoms with Gasteiger partial charge in [-0.05, 0) is 36.8 Å². The third kappa shape index (κ3) is 3.77. The van der Waals surface area contributed by atoms with Gasteiger partial charge in [0, 0.05) is 28.0 Å². The van der Waals surface area contributed by atoms with E-state index < -0.39 is 0 Å². The smallest absolute Gasteiger partial charge is 0.264 e. The maximum Gasteiger partial charge on any atom is 0.264 e. The summed E-state index contributed by atoms with van der Waals surface area (Å²) in [6, 6.07) is 16.9. The number of fused-ring (bicyclic) bond motifs is 1. The average molecular weight is 395 g/mol. The van der Waals surface area contributed by atoms with E-state index in [2.05, 4.69) is 22.4 Å². The lowest BCUT2D eigenvalue weighted by molar-refractivity contribution is -0.116. The molecular weight excluding hydrogens is 376 g/mol. The van der Waals surface area contributed by atoms with Crippen molar-refractivity contribution in [1.82, 2.24) is 14.8 Å². The first-order chi connectivity index (χ1) is 13.6. The van der Waals surface area contributed by atoms with Crippen LogP contribution in [0.1, 0.15) is 19.2 Å². The van der Waals surface area contributed by atoms with E-state index in [0.29, 0.717) is 22.5 Å². The molecule has 1 N–H and O–H groups in total. The number of carbonyl (C=O) groups is 1. The molecule has 0 spiro atoms. The highest BCUT2D eigenvalue weighted by Crippen LogP contribution is 2.28. The maximum absolute atomic E-state index is 12.7. The van der Waals surface area contributed by atoms with E-state index >= 15 is 0 Å². The number of rotatable bonds is 6. The van der Waals surface area contributed by atoms with Crippen LogP contribution in [-0.4, -0.2) is 20.7 Å². The van der Waals surface area contributed by atoms with Gasteiger partial charge in [0.1, 0.15) is 12.2 Å². The molecule has 0 aliphatic carbocycles. The Morgan fingerprint density at radius 2 is 2.00 bits per heavy atom. The number of hydrogen-bond acceptors (Lipinski definition) is 4. The van der Waals surface area contributed by atoms with Crippen LogP contribution >= 0.6 is 11.6 Å². The lowest BCUT2D eigenvalue weighted by Gasteiger charge is -2.10. The summed E-state index contributed by atoms with van der Waals surface area (Å²) in [5, 5.41) is 12.7. The van der Waals surface area contributed by atoms with E-state index in [1.54, 1.807) is 24.3 Å². The summed E-state index contributed by atoms with van der Waals surface area (Å²) in [4.78, 5) is 12.7. The van der Waals surface area contributed by atoms with Gasteiger partial charge in [-0.2, -0.15) is 0 Å². The lowest BCUT2D eigenvalue weighted by atomic mass is 10.2. The van der Waals surface area contributed by atoms with Crippen molar-refractivity contribution < 1.29 is 9.21 Å². The molecule has 4 rings (SSSR count). The predicted molar refractivity (Wildman–Crippen MR) is 109 cm³/mol. The molecule has 0 saturated carbocycles. The Morgan fingerprint density at radius 3 is 2.82 bits per heavy atom. The molecule has 1 amide bonds. The first kappa shape index (κ1) is 18.3. The van der Waals surface area contributed by atoms with Crippen LogP contribution < -0.4 is 5.32 Å². The zero-order valence-electron chi connectivity index (χ0n) is 15.4. The number of para-hydroxylation sites is 1. The summed E-state index contributed by atoms with van der Waals surface area (Å²) in [5.41, 5.74) is 2.30. The van der Waals surface area contributed by atoms with Crippen molar-refractivity contribution in [2.75, 3.05) is 5.32 Å². The predicted octanol–water partition coefficient (Wildman–Crippen LogP) is 4.94. The Morgan fingerprint density at radius 1 is 1.14 bits per heavy atom. The number of nitrogens with one attached hydrogen (secondary N) is 1. The van der Waals surface area contributed by atoms with Gasteiger partial charge in [0.15, 0.2) is 0 Å². The van der Waals surface area contributed by atoms with Gasteiger partial charge in [-0.15, -0.1) is 10.2 Å². The molecule has 0 fully saturated rings. The quantitative estimate of drug-likeness (QED) is 0.503. The minimum absolute atomic E-state index is 0.112. The lowest BCUT2D eigenvalue weighted by Crippen LogP contribution is -2.19. The first-order valence-electron chi connectivity index (χ1n) is 9.10. The van der Waals surface area contributed by atoms with Crippen molar-refractivity contribution in [3.8, 4) is 11.6 Å². The number of aryl methyl sites for hydroxylation is 1. The maximum atomic E-state index is 12.7. The summed E-state index contributed by atoms with van der Waals surface area (Å²) < 4.78 is 7.69. The largest absolute Gasteiger partial charge is 0.419 e. The highest BCUT2D eigenvalue weighted by molar-refractivity contribution is 6.30. The van der Waals surface area contributed by atoms with Crippen molar-refractivity contribution in [3.05, 3.63) is 65.5 Å². The number of benzene rings is 2. The SMILES string of the molecule is CCCc1nnc(-c2cc3ccccc3n2CC(=O)Nc2cccc(Cl)c2)o1. The van der Waals surface area contributed by atoms with Crippen molar-refractivity contribution in [1.29, 1.82) is 0 Å². The summed E-state index contributed by atoms with van der Waals surface area (Å²) in [5.74, 6) is 0.839. The van der Waals surface area contributed by atoms with E-state index in [9.17, 15) is 4.79 Å². The van der Waals surface area contributed by atoms with Gasteiger partial charge in [0.25, 0.3) is 5.89 Å². The molecule has 7 heteroatoms. The topological polar surface area (TPSA) is 73.0 Å². The van der Waals surface area contributed by atoms with Gasteiger partial charge < -0.3 is 14.3 Å². The zero-order valence-corrected chi connectivity index (χ0v) is 16.1. The molecule has 2 heterocycles.